The molecule has 2 aliphatic heterocycles. The summed E-state index contributed by atoms with van der Waals surface area (Å²) in [5.41, 5.74) is -0.395. The van der Waals surface area contributed by atoms with E-state index in [0.29, 0.717) is 13.1 Å². The first-order valence-electron chi connectivity index (χ1n) is 8.80. The molecule has 2 rings (SSSR count). The Labute approximate surface area is 148 Å². The number of rotatable bonds is 2. The van der Waals surface area contributed by atoms with Gasteiger partial charge in [-0.15, -0.1) is 0 Å². The molecule has 1 amide bonds. The highest BCUT2D eigenvalue weighted by Crippen LogP contribution is 2.38. The minimum absolute atomic E-state index is 0.0689. The van der Waals surface area contributed by atoms with E-state index in [1.165, 1.54) is 0 Å². The van der Waals surface area contributed by atoms with E-state index in [-0.39, 0.29) is 22.3 Å². The maximum Gasteiger partial charge on any atom is 0.410 e. The molecule has 140 valence electrons. The molecule has 0 aliphatic carbocycles. The maximum atomic E-state index is 12.5. The fourth-order valence-corrected chi connectivity index (χ4v) is 4.21. The van der Waals surface area contributed by atoms with E-state index >= 15 is 0 Å². The molecule has 0 radical (unpaired) electrons. The summed E-state index contributed by atoms with van der Waals surface area (Å²) in [6.07, 6.45) is 1.57. The zero-order valence-corrected chi connectivity index (χ0v) is 16.7. The van der Waals surface area contributed by atoms with Crippen molar-refractivity contribution in [3.8, 4) is 0 Å². The van der Waals surface area contributed by atoms with Crippen molar-refractivity contribution in [3.05, 3.63) is 0 Å². The summed E-state index contributed by atoms with van der Waals surface area (Å²) in [6.45, 7) is 14.7. The fourth-order valence-electron chi connectivity index (χ4n) is 3.26. The Balaban J connectivity index is 1.96. The van der Waals surface area contributed by atoms with Gasteiger partial charge in [0.15, 0.2) is 0 Å². The summed E-state index contributed by atoms with van der Waals surface area (Å²) in [6, 6.07) is 0.179. The molecule has 0 aromatic carbocycles. The number of piperidine rings is 1. The Morgan fingerprint density at radius 3 is 2.29 bits per heavy atom. The predicted molar refractivity (Wildman–Crippen MR) is 97.2 cm³/mol. The van der Waals surface area contributed by atoms with Crippen LogP contribution < -0.4 is 10.0 Å². The van der Waals surface area contributed by atoms with Crippen molar-refractivity contribution in [2.75, 3.05) is 26.2 Å². The van der Waals surface area contributed by atoms with Crippen molar-refractivity contribution in [2.45, 2.75) is 70.8 Å². The zero-order valence-electron chi connectivity index (χ0n) is 15.9. The SMILES string of the molecule is CC(C)(C)OC(=O)N1CCC2(CC1)CNCC2NS(=O)C(C)(C)C. The molecule has 2 N–H and O–H groups in total. The molecule has 24 heavy (non-hydrogen) atoms. The molecule has 1 spiro atoms. The van der Waals surface area contributed by atoms with Crippen molar-refractivity contribution in [2.24, 2.45) is 5.41 Å². The van der Waals surface area contributed by atoms with E-state index in [1.807, 2.05) is 41.5 Å². The van der Waals surface area contributed by atoms with Gasteiger partial charge in [-0.2, -0.15) is 0 Å². The largest absolute Gasteiger partial charge is 0.444 e. The summed E-state index contributed by atoms with van der Waals surface area (Å²) >= 11 is 0. The van der Waals surface area contributed by atoms with Gasteiger partial charge in [0.25, 0.3) is 0 Å². The molecule has 2 fully saturated rings. The average molecular weight is 360 g/mol. The topological polar surface area (TPSA) is 70.7 Å². The van der Waals surface area contributed by atoms with Gasteiger partial charge in [-0.1, -0.05) is 0 Å². The summed E-state index contributed by atoms with van der Waals surface area (Å²) in [5, 5.41) is 3.44. The van der Waals surface area contributed by atoms with E-state index < -0.39 is 16.6 Å². The lowest BCUT2D eigenvalue weighted by molar-refractivity contribution is 0.0100. The Hall–Kier alpha value is -0.660. The normalized spacial score (nSPS) is 25.8. The van der Waals surface area contributed by atoms with E-state index in [9.17, 15) is 9.00 Å². The molecular formula is C17H33N3O3S. The summed E-state index contributed by atoms with van der Waals surface area (Å²) in [7, 11) is -1.08. The van der Waals surface area contributed by atoms with Crippen molar-refractivity contribution in [1.82, 2.24) is 14.9 Å². The van der Waals surface area contributed by atoms with Crippen molar-refractivity contribution >= 4 is 17.1 Å². The highest BCUT2D eigenvalue weighted by Gasteiger charge is 2.47. The molecule has 0 saturated carbocycles. The molecule has 2 saturated heterocycles. The standard InChI is InChI=1S/C17H33N3O3S/c1-15(2,3)23-14(21)20-9-7-17(8-10-20)12-18-11-13(17)19-24(22)16(4,5)6/h13,18-19H,7-12H2,1-6H3. The van der Waals surface area contributed by atoms with Crippen molar-refractivity contribution < 1.29 is 13.7 Å². The van der Waals surface area contributed by atoms with Crippen LogP contribution in [0.15, 0.2) is 0 Å². The van der Waals surface area contributed by atoms with E-state index in [4.69, 9.17) is 4.74 Å². The first kappa shape index (κ1) is 19.7. The van der Waals surface area contributed by atoms with Crippen LogP contribution in [0.2, 0.25) is 0 Å². The number of amides is 1. The Bertz CT molecular complexity index is 488. The summed E-state index contributed by atoms with van der Waals surface area (Å²) in [4.78, 5) is 14.0. The van der Waals surface area contributed by atoms with E-state index in [1.54, 1.807) is 4.90 Å². The molecule has 2 aliphatic rings. The summed E-state index contributed by atoms with van der Waals surface area (Å²) in [5.74, 6) is 0. The molecule has 0 aromatic rings. The van der Waals surface area contributed by atoms with Crippen LogP contribution in [0.3, 0.4) is 0 Å². The Kier molecular flexibility index (Phi) is 5.67. The van der Waals surface area contributed by atoms with E-state index in [0.717, 1.165) is 25.9 Å². The lowest BCUT2D eigenvalue weighted by Gasteiger charge is -2.43. The number of hydrogen-bond donors (Lipinski definition) is 2. The molecule has 2 unspecified atom stereocenters. The maximum absolute atomic E-state index is 12.5. The van der Waals surface area contributed by atoms with Crippen LogP contribution >= 0.6 is 0 Å². The number of nitrogens with one attached hydrogen (secondary N) is 2. The smallest absolute Gasteiger partial charge is 0.410 e. The number of hydrogen-bond acceptors (Lipinski definition) is 4. The minimum atomic E-state index is -1.08. The predicted octanol–water partition coefficient (Wildman–Crippen LogP) is 2.03. The van der Waals surface area contributed by atoms with E-state index in [2.05, 4.69) is 10.0 Å². The Morgan fingerprint density at radius 1 is 1.21 bits per heavy atom. The van der Waals surface area contributed by atoms with Gasteiger partial charge in [0.2, 0.25) is 0 Å². The monoisotopic (exact) mass is 359 g/mol. The molecular weight excluding hydrogens is 326 g/mol. The van der Waals surface area contributed by atoms with Crippen LogP contribution in [0, 0.1) is 5.41 Å². The molecule has 2 atom stereocenters. The van der Waals surface area contributed by atoms with Gasteiger partial charge in [0.05, 0.1) is 15.7 Å². The first-order valence-corrected chi connectivity index (χ1v) is 9.95. The lowest BCUT2D eigenvalue weighted by Crippen LogP contribution is -2.54. The van der Waals surface area contributed by atoms with Crippen LogP contribution in [0.4, 0.5) is 4.79 Å². The zero-order chi connectivity index (χ0) is 18.2. The van der Waals surface area contributed by atoms with Crippen molar-refractivity contribution in [1.29, 1.82) is 0 Å². The van der Waals surface area contributed by atoms with Crippen LogP contribution in [-0.2, 0) is 15.7 Å². The third kappa shape index (κ3) is 4.70. The highest BCUT2D eigenvalue weighted by molar-refractivity contribution is 7.84. The molecule has 0 aromatic heterocycles. The first-order chi connectivity index (χ1) is 10.9. The second kappa shape index (κ2) is 6.92. The highest BCUT2D eigenvalue weighted by atomic mass is 32.2. The number of carbonyl (C=O) groups excluding carboxylic acids is 1. The van der Waals surface area contributed by atoms with Gasteiger partial charge in [-0.3, -0.25) is 0 Å². The van der Waals surface area contributed by atoms with Gasteiger partial charge in [-0.05, 0) is 54.4 Å². The van der Waals surface area contributed by atoms with Crippen molar-refractivity contribution in [3.63, 3.8) is 0 Å². The molecule has 7 heteroatoms. The molecule has 0 bridgehead atoms. The van der Waals surface area contributed by atoms with Gasteiger partial charge in [0.1, 0.15) is 5.60 Å². The molecule has 6 nitrogen and oxygen atoms in total. The third-order valence-electron chi connectivity index (χ3n) is 4.78. The van der Waals surface area contributed by atoms with Crippen LogP contribution in [0.25, 0.3) is 0 Å². The van der Waals surface area contributed by atoms with Gasteiger partial charge < -0.3 is 15.0 Å². The summed E-state index contributed by atoms with van der Waals surface area (Å²) < 4.78 is 21.0. The average Bonchev–Trinajstić information content (AvgIpc) is 2.79. The number of carbonyl (C=O) groups is 1. The van der Waals surface area contributed by atoms with Gasteiger partial charge in [0, 0.05) is 37.6 Å². The number of ether oxygens (including phenoxy) is 1. The van der Waals surface area contributed by atoms with Crippen LogP contribution in [0.1, 0.15) is 54.4 Å². The lowest BCUT2D eigenvalue weighted by atomic mass is 9.75. The quantitative estimate of drug-likeness (QED) is 0.791. The van der Waals surface area contributed by atoms with Crippen LogP contribution in [0.5, 0.6) is 0 Å². The van der Waals surface area contributed by atoms with Gasteiger partial charge >= 0.3 is 6.09 Å². The van der Waals surface area contributed by atoms with Crippen LogP contribution in [-0.4, -0.2) is 57.8 Å². The fraction of sp³-hybridized carbons (Fsp3) is 0.941. The number of likely N-dealkylation sites (tertiary alicyclic amines) is 1. The minimum Gasteiger partial charge on any atom is -0.444 e. The number of nitrogens with zero attached hydrogens (tertiary/aromatic N) is 1. The second-order valence-corrected chi connectivity index (χ2v) is 11.0. The third-order valence-corrected chi connectivity index (χ3v) is 6.39. The Morgan fingerprint density at radius 2 is 1.79 bits per heavy atom. The second-order valence-electron chi connectivity index (χ2n) is 9.01. The van der Waals surface area contributed by atoms with Gasteiger partial charge in [-0.25, -0.2) is 13.7 Å². The molecule has 2 heterocycles.